The summed E-state index contributed by atoms with van der Waals surface area (Å²) in [5.74, 6) is -0.0101. The highest BCUT2D eigenvalue weighted by Gasteiger charge is 2.08. The number of nitriles is 1. The Morgan fingerprint density at radius 3 is 2.58 bits per heavy atom. The molecule has 4 nitrogen and oxygen atoms in total. The Bertz CT molecular complexity index is 500. The van der Waals surface area contributed by atoms with E-state index in [2.05, 4.69) is 26.6 Å². The predicted octanol–water partition coefficient (Wildman–Crippen LogP) is 3.04. The van der Waals surface area contributed by atoms with Gasteiger partial charge in [0.05, 0.1) is 0 Å². The van der Waals surface area contributed by atoms with Crippen LogP contribution in [-0.4, -0.2) is 12.5 Å². The van der Waals surface area contributed by atoms with Crippen LogP contribution in [-0.2, 0) is 4.79 Å². The van der Waals surface area contributed by atoms with Crippen molar-refractivity contribution >= 4 is 27.5 Å². The highest BCUT2D eigenvalue weighted by atomic mass is 79.9. The molecule has 0 saturated heterocycles. The second-order valence-corrected chi connectivity index (χ2v) is 5.34. The third-order valence-corrected chi connectivity index (χ3v) is 2.79. The summed E-state index contributed by atoms with van der Waals surface area (Å²) in [7, 11) is 0. The Balaban J connectivity index is 2.64. The molecule has 1 aromatic rings. The molecular formula is C14H16BrN3O. The van der Waals surface area contributed by atoms with E-state index in [1.165, 1.54) is 6.20 Å². The summed E-state index contributed by atoms with van der Waals surface area (Å²) in [6, 6.07) is 9.33. The van der Waals surface area contributed by atoms with E-state index < -0.39 is 0 Å². The molecule has 5 heteroatoms. The summed E-state index contributed by atoms with van der Waals surface area (Å²) in [4.78, 5) is 11.7. The number of nitrogens with zero attached hydrogens (tertiary/aromatic N) is 1. The molecule has 0 aliphatic rings. The average Bonchev–Trinajstić information content (AvgIpc) is 2.39. The summed E-state index contributed by atoms with van der Waals surface area (Å²) in [6.07, 6.45) is 1.42. The van der Waals surface area contributed by atoms with E-state index in [-0.39, 0.29) is 11.5 Å². The molecule has 0 atom stereocenters. The molecule has 100 valence electrons. The zero-order chi connectivity index (χ0) is 14.3. The van der Waals surface area contributed by atoms with Gasteiger partial charge >= 0.3 is 0 Å². The summed E-state index contributed by atoms with van der Waals surface area (Å²) < 4.78 is 0.970. The molecule has 0 heterocycles. The molecule has 19 heavy (non-hydrogen) atoms. The van der Waals surface area contributed by atoms with Crippen LogP contribution in [0.2, 0.25) is 0 Å². The molecule has 0 aliphatic carbocycles. The third kappa shape index (κ3) is 5.58. The highest BCUT2D eigenvalue weighted by Crippen LogP contribution is 2.14. The number of hydrogen-bond donors (Lipinski definition) is 2. The number of benzene rings is 1. The van der Waals surface area contributed by atoms with Crippen molar-refractivity contribution in [3.8, 4) is 6.07 Å². The maximum atomic E-state index is 11.7. The van der Waals surface area contributed by atoms with Crippen LogP contribution < -0.4 is 10.6 Å². The molecule has 1 rings (SSSR count). The van der Waals surface area contributed by atoms with E-state index in [9.17, 15) is 4.79 Å². The maximum absolute atomic E-state index is 11.7. The smallest absolute Gasteiger partial charge is 0.263 e. The SMILES string of the molecule is CC(C)CNC(=O)/C(C#N)=C\Nc1ccc(Br)cc1. The van der Waals surface area contributed by atoms with E-state index in [0.717, 1.165) is 10.2 Å². The zero-order valence-corrected chi connectivity index (χ0v) is 12.5. The van der Waals surface area contributed by atoms with Gasteiger partial charge in [-0.2, -0.15) is 5.26 Å². The van der Waals surface area contributed by atoms with Gasteiger partial charge in [0, 0.05) is 22.9 Å². The molecule has 0 unspecified atom stereocenters. The molecule has 0 radical (unpaired) electrons. The third-order valence-electron chi connectivity index (χ3n) is 2.26. The van der Waals surface area contributed by atoms with Gasteiger partial charge in [-0.25, -0.2) is 0 Å². The largest absolute Gasteiger partial charge is 0.360 e. The lowest BCUT2D eigenvalue weighted by atomic mass is 10.2. The number of anilines is 1. The lowest BCUT2D eigenvalue weighted by Crippen LogP contribution is -2.28. The van der Waals surface area contributed by atoms with Crippen molar-refractivity contribution in [3.05, 3.63) is 40.5 Å². The number of halogens is 1. The Morgan fingerprint density at radius 1 is 1.42 bits per heavy atom. The molecule has 0 saturated carbocycles. The van der Waals surface area contributed by atoms with E-state index in [1.807, 2.05) is 44.2 Å². The molecule has 0 fully saturated rings. The number of amides is 1. The van der Waals surface area contributed by atoms with E-state index in [4.69, 9.17) is 5.26 Å². The Kier molecular flexibility index (Phi) is 6.10. The van der Waals surface area contributed by atoms with Crippen LogP contribution in [0.3, 0.4) is 0 Å². The van der Waals surface area contributed by atoms with Gasteiger partial charge in [-0.1, -0.05) is 29.8 Å². The summed E-state index contributed by atoms with van der Waals surface area (Å²) in [5.41, 5.74) is 0.871. The molecule has 0 aliphatic heterocycles. The number of carbonyl (C=O) groups excluding carboxylic acids is 1. The molecule has 1 amide bonds. The number of hydrogen-bond acceptors (Lipinski definition) is 3. The Morgan fingerprint density at radius 2 is 2.05 bits per heavy atom. The van der Waals surface area contributed by atoms with Crippen molar-refractivity contribution < 1.29 is 4.79 Å². The fourth-order valence-corrected chi connectivity index (χ4v) is 1.51. The van der Waals surface area contributed by atoms with Crippen molar-refractivity contribution in [1.29, 1.82) is 5.26 Å². The minimum absolute atomic E-state index is 0.0589. The Labute approximate surface area is 121 Å². The first-order valence-corrected chi connectivity index (χ1v) is 6.72. The van der Waals surface area contributed by atoms with Crippen LogP contribution >= 0.6 is 15.9 Å². The van der Waals surface area contributed by atoms with Gasteiger partial charge in [0.25, 0.3) is 5.91 Å². The first-order valence-electron chi connectivity index (χ1n) is 5.93. The van der Waals surface area contributed by atoms with E-state index in [0.29, 0.717) is 12.5 Å². The Hall–Kier alpha value is -1.80. The molecule has 1 aromatic carbocycles. The van der Waals surface area contributed by atoms with Crippen molar-refractivity contribution in [2.75, 3.05) is 11.9 Å². The van der Waals surface area contributed by atoms with Gasteiger partial charge < -0.3 is 10.6 Å². The second-order valence-electron chi connectivity index (χ2n) is 4.42. The highest BCUT2D eigenvalue weighted by molar-refractivity contribution is 9.10. The predicted molar refractivity (Wildman–Crippen MR) is 79.3 cm³/mol. The van der Waals surface area contributed by atoms with Crippen molar-refractivity contribution in [3.63, 3.8) is 0 Å². The van der Waals surface area contributed by atoms with Gasteiger partial charge in [-0.05, 0) is 30.2 Å². The van der Waals surface area contributed by atoms with Crippen LogP contribution in [0.25, 0.3) is 0 Å². The normalized spacial score (nSPS) is 11.0. The van der Waals surface area contributed by atoms with Gasteiger partial charge in [0.1, 0.15) is 11.6 Å². The van der Waals surface area contributed by atoms with E-state index >= 15 is 0 Å². The molecule has 0 spiro atoms. The molecule has 0 bridgehead atoms. The van der Waals surface area contributed by atoms with Gasteiger partial charge in [0.2, 0.25) is 0 Å². The van der Waals surface area contributed by atoms with Crippen LogP contribution in [0.1, 0.15) is 13.8 Å². The quantitative estimate of drug-likeness (QED) is 0.647. The van der Waals surface area contributed by atoms with E-state index in [1.54, 1.807) is 0 Å². The second kappa shape index (κ2) is 7.59. The van der Waals surface area contributed by atoms with Crippen molar-refractivity contribution in [2.24, 2.45) is 5.92 Å². The molecule has 2 N–H and O–H groups in total. The van der Waals surface area contributed by atoms with Crippen LogP contribution in [0.15, 0.2) is 40.5 Å². The summed E-state index contributed by atoms with van der Waals surface area (Å²) in [6.45, 7) is 4.54. The minimum Gasteiger partial charge on any atom is -0.360 e. The zero-order valence-electron chi connectivity index (χ0n) is 10.9. The van der Waals surface area contributed by atoms with Crippen LogP contribution in [0, 0.1) is 17.2 Å². The monoisotopic (exact) mass is 321 g/mol. The fourth-order valence-electron chi connectivity index (χ4n) is 1.24. The molecule has 0 aromatic heterocycles. The number of rotatable bonds is 5. The van der Waals surface area contributed by atoms with Crippen molar-refractivity contribution in [2.45, 2.75) is 13.8 Å². The van der Waals surface area contributed by atoms with Crippen LogP contribution in [0.4, 0.5) is 5.69 Å². The lowest BCUT2D eigenvalue weighted by molar-refractivity contribution is -0.117. The van der Waals surface area contributed by atoms with Crippen LogP contribution in [0.5, 0.6) is 0 Å². The van der Waals surface area contributed by atoms with Gasteiger partial charge in [-0.15, -0.1) is 0 Å². The minimum atomic E-state index is -0.360. The lowest BCUT2D eigenvalue weighted by Gasteiger charge is -2.07. The first kappa shape index (κ1) is 15.3. The van der Waals surface area contributed by atoms with Gasteiger partial charge in [-0.3, -0.25) is 4.79 Å². The number of nitrogens with one attached hydrogen (secondary N) is 2. The average molecular weight is 322 g/mol. The molecular weight excluding hydrogens is 306 g/mol. The summed E-state index contributed by atoms with van der Waals surface area (Å²) in [5, 5.41) is 14.6. The fraction of sp³-hybridized carbons (Fsp3) is 0.286. The maximum Gasteiger partial charge on any atom is 0.263 e. The first-order chi connectivity index (χ1) is 9.02. The summed E-state index contributed by atoms with van der Waals surface area (Å²) >= 11 is 3.34. The van der Waals surface area contributed by atoms with Crippen molar-refractivity contribution in [1.82, 2.24) is 5.32 Å². The topological polar surface area (TPSA) is 64.9 Å². The standard InChI is InChI=1S/C14H16BrN3O/c1-10(2)8-18-14(19)11(7-16)9-17-13-5-3-12(15)4-6-13/h3-6,9-10,17H,8H2,1-2H3,(H,18,19)/b11-9-. The van der Waals surface area contributed by atoms with Gasteiger partial charge in [0.15, 0.2) is 0 Å². The number of carbonyl (C=O) groups is 1.